The molecule has 0 amide bonds. The average Bonchev–Trinajstić information content (AvgIpc) is 2.80. The topological polar surface area (TPSA) is 64.7 Å². The van der Waals surface area contributed by atoms with Crippen molar-refractivity contribution in [3.05, 3.63) is 109 Å². The maximum atomic E-state index is 6.37. The van der Waals surface area contributed by atoms with Crippen LogP contribution < -0.4 is 5.73 Å². The summed E-state index contributed by atoms with van der Waals surface area (Å²) in [7, 11) is 0. The molecule has 0 atom stereocenters. The van der Waals surface area contributed by atoms with Gasteiger partial charge >= 0.3 is 0 Å². The number of benzene rings is 2. The highest BCUT2D eigenvalue weighted by Crippen LogP contribution is 2.39. The number of nitrogen functional groups attached to an aromatic ring is 1. The van der Waals surface area contributed by atoms with Gasteiger partial charge in [-0.2, -0.15) is 0 Å². The fourth-order valence-electron chi connectivity index (χ4n) is 3.84. The Kier molecular flexibility index (Phi) is 4.66. The number of aromatic nitrogens is 3. The van der Waals surface area contributed by atoms with E-state index in [2.05, 4.69) is 16.0 Å². The predicted molar refractivity (Wildman–Crippen MR) is 122 cm³/mol. The van der Waals surface area contributed by atoms with Crippen molar-refractivity contribution < 1.29 is 0 Å². The highest BCUT2D eigenvalue weighted by Gasteiger charge is 2.20. The molecular formula is C26H20N4. The van der Waals surface area contributed by atoms with Gasteiger partial charge in [-0.05, 0) is 42.0 Å². The monoisotopic (exact) mass is 388 g/mol. The first-order chi connectivity index (χ1) is 14.8. The third kappa shape index (κ3) is 3.29. The number of hydrogen-bond donors (Lipinski definition) is 1. The van der Waals surface area contributed by atoms with Crippen molar-refractivity contribution in [1.29, 1.82) is 0 Å². The Hall–Kier alpha value is -4.05. The maximum Gasteiger partial charge on any atom is 0.0827 e. The van der Waals surface area contributed by atoms with Crippen LogP contribution in [-0.4, -0.2) is 15.0 Å². The van der Waals surface area contributed by atoms with Gasteiger partial charge < -0.3 is 5.73 Å². The summed E-state index contributed by atoms with van der Waals surface area (Å²) in [5.41, 5.74) is 13.8. The molecule has 3 aromatic heterocycles. The molecule has 0 fully saturated rings. The van der Waals surface area contributed by atoms with Crippen molar-refractivity contribution in [3.63, 3.8) is 0 Å². The summed E-state index contributed by atoms with van der Waals surface area (Å²) < 4.78 is 0. The molecule has 0 unspecified atom stereocenters. The summed E-state index contributed by atoms with van der Waals surface area (Å²) in [4.78, 5) is 14.3. The van der Waals surface area contributed by atoms with Crippen LogP contribution in [0.4, 0.5) is 5.69 Å². The lowest BCUT2D eigenvalue weighted by Gasteiger charge is -2.18. The van der Waals surface area contributed by atoms with Gasteiger partial charge in [-0.25, -0.2) is 4.98 Å². The van der Waals surface area contributed by atoms with E-state index >= 15 is 0 Å². The van der Waals surface area contributed by atoms with Gasteiger partial charge in [-0.15, -0.1) is 0 Å². The van der Waals surface area contributed by atoms with Crippen molar-refractivity contribution in [2.45, 2.75) is 6.42 Å². The van der Waals surface area contributed by atoms with Crippen LogP contribution in [-0.2, 0) is 6.42 Å². The number of hydrogen-bond acceptors (Lipinski definition) is 4. The van der Waals surface area contributed by atoms with Gasteiger partial charge in [0.15, 0.2) is 0 Å². The number of fused-ring (bicyclic) bond motifs is 1. The van der Waals surface area contributed by atoms with Crippen molar-refractivity contribution in [2.24, 2.45) is 0 Å². The van der Waals surface area contributed by atoms with Gasteiger partial charge in [0, 0.05) is 46.7 Å². The van der Waals surface area contributed by atoms with Crippen LogP contribution in [0.25, 0.3) is 33.4 Å². The van der Waals surface area contributed by atoms with E-state index in [-0.39, 0.29) is 0 Å². The molecule has 3 heterocycles. The molecule has 0 saturated carbocycles. The number of anilines is 1. The second-order valence-corrected chi connectivity index (χ2v) is 7.13. The molecule has 0 bridgehead atoms. The Morgan fingerprint density at radius 1 is 0.700 bits per heavy atom. The van der Waals surface area contributed by atoms with E-state index in [4.69, 9.17) is 10.7 Å². The van der Waals surface area contributed by atoms with Gasteiger partial charge in [0.25, 0.3) is 0 Å². The first kappa shape index (κ1) is 18.0. The van der Waals surface area contributed by atoms with E-state index in [0.717, 1.165) is 44.7 Å². The summed E-state index contributed by atoms with van der Waals surface area (Å²) >= 11 is 0. The largest absolute Gasteiger partial charge is 0.398 e. The first-order valence-electron chi connectivity index (χ1n) is 9.89. The molecule has 5 aromatic rings. The molecular weight excluding hydrogens is 368 g/mol. The lowest BCUT2D eigenvalue weighted by Crippen LogP contribution is -2.03. The molecule has 0 aliphatic carbocycles. The van der Waals surface area contributed by atoms with Crippen molar-refractivity contribution in [3.8, 4) is 22.5 Å². The van der Waals surface area contributed by atoms with Crippen LogP contribution in [0, 0.1) is 0 Å². The molecule has 2 aromatic carbocycles. The lowest BCUT2D eigenvalue weighted by atomic mass is 9.91. The molecule has 5 rings (SSSR count). The minimum atomic E-state index is 0.676. The quantitative estimate of drug-likeness (QED) is 0.411. The van der Waals surface area contributed by atoms with Crippen LogP contribution in [0.1, 0.15) is 11.3 Å². The molecule has 0 spiro atoms. The molecule has 30 heavy (non-hydrogen) atoms. The minimum absolute atomic E-state index is 0.676. The minimum Gasteiger partial charge on any atom is -0.398 e. The van der Waals surface area contributed by atoms with Gasteiger partial charge in [-0.1, -0.05) is 48.5 Å². The Bertz CT molecular complexity index is 1320. The SMILES string of the molecule is Nc1ccccc1-c1nc2ccccc2c(Cc2ccccn2)c1-c1ccccn1. The Morgan fingerprint density at radius 3 is 2.20 bits per heavy atom. The third-order valence-electron chi connectivity index (χ3n) is 5.22. The van der Waals surface area contributed by atoms with Crippen molar-refractivity contribution in [2.75, 3.05) is 5.73 Å². The summed E-state index contributed by atoms with van der Waals surface area (Å²) in [5.74, 6) is 0. The summed E-state index contributed by atoms with van der Waals surface area (Å²) in [6, 6.07) is 28.0. The number of para-hydroxylation sites is 2. The molecule has 2 N–H and O–H groups in total. The van der Waals surface area contributed by atoms with E-state index in [0.29, 0.717) is 12.1 Å². The standard InChI is InChI=1S/C26H20N4/c27-22-12-3-1-11-20(22)26-25(24-14-6-8-16-29-24)21(17-18-9-5-7-15-28-18)19-10-2-4-13-23(19)30-26/h1-16H,17,27H2. The molecule has 4 heteroatoms. The average molecular weight is 388 g/mol. The second kappa shape index (κ2) is 7.76. The van der Waals surface area contributed by atoms with Gasteiger partial charge in [0.2, 0.25) is 0 Å². The number of nitrogens with zero attached hydrogens (tertiary/aromatic N) is 3. The Morgan fingerprint density at radius 2 is 1.43 bits per heavy atom. The molecule has 4 nitrogen and oxygen atoms in total. The molecule has 0 radical (unpaired) electrons. The van der Waals surface area contributed by atoms with Crippen molar-refractivity contribution in [1.82, 2.24) is 15.0 Å². The summed E-state index contributed by atoms with van der Waals surface area (Å²) in [5, 5.41) is 1.10. The van der Waals surface area contributed by atoms with E-state index in [9.17, 15) is 0 Å². The first-order valence-corrected chi connectivity index (χ1v) is 9.89. The van der Waals surface area contributed by atoms with Crippen LogP contribution in [0.3, 0.4) is 0 Å². The molecule has 144 valence electrons. The van der Waals surface area contributed by atoms with E-state index in [1.807, 2.05) is 91.3 Å². The highest BCUT2D eigenvalue weighted by molar-refractivity contribution is 5.97. The van der Waals surface area contributed by atoms with Gasteiger partial charge in [-0.3, -0.25) is 9.97 Å². The molecule has 0 aliphatic heterocycles. The maximum absolute atomic E-state index is 6.37. The smallest absolute Gasteiger partial charge is 0.0827 e. The lowest BCUT2D eigenvalue weighted by molar-refractivity contribution is 1.08. The normalized spacial score (nSPS) is 10.9. The zero-order valence-electron chi connectivity index (χ0n) is 16.4. The summed E-state index contributed by atoms with van der Waals surface area (Å²) in [6.45, 7) is 0. The van der Waals surface area contributed by atoms with E-state index in [1.54, 1.807) is 0 Å². The van der Waals surface area contributed by atoms with Crippen molar-refractivity contribution >= 4 is 16.6 Å². The van der Waals surface area contributed by atoms with Crippen LogP contribution >= 0.6 is 0 Å². The molecule has 0 aliphatic rings. The van der Waals surface area contributed by atoms with Crippen LogP contribution in [0.5, 0.6) is 0 Å². The molecule has 0 saturated heterocycles. The second-order valence-electron chi connectivity index (χ2n) is 7.13. The Labute approximate surface area is 175 Å². The van der Waals surface area contributed by atoms with Gasteiger partial charge in [0.1, 0.15) is 0 Å². The van der Waals surface area contributed by atoms with Crippen LogP contribution in [0.2, 0.25) is 0 Å². The van der Waals surface area contributed by atoms with Gasteiger partial charge in [0.05, 0.1) is 16.9 Å². The highest BCUT2D eigenvalue weighted by atomic mass is 14.8. The van der Waals surface area contributed by atoms with Crippen LogP contribution in [0.15, 0.2) is 97.3 Å². The van der Waals surface area contributed by atoms with E-state index < -0.39 is 0 Å². The predicted octanol–water partition coefficient (Wildman–Crippen LogP) is 5.53. The van der Waals surface area contributed by atoms with E-state index in [1.165, 1.54) is 0 Å². The fourth-order valence-corrected chi connectivity index (χ4v) is 3.84. The third-order valence-corrected chi connectivity index (χ3v) is 5.22. The number of nitrogens with two attached hydrogens (primary N) is 1. The number of pyridine rings is 3. The fraction of sp³-hybridized carbons (Fsp3) is 0.0385. The Balaban J connectivity index is 1.88. The summed E-state index contributed by atoms with van der Waals surface area (Å²) in [6.07, 6.45) is 4.32. The number of rotatable bonds is 4. The zero-order valence-corrected chi connectivity index (χ0v) is 16.4. The zero-order chi connectivity index (χ0) is 20.3.